The van der Waals surface area contributed by atoms with Gasteiger partial charge in [0.05, 0.1) is 12.5 Å². The second-order valence-electron chi connectivity index (χ2n) is 5.18. The van der Waals surface area contributed by atoms with Crippen LogP contribution in [0, 0.1) is 5.92 Å². The molecule has 2 rings (SSSR count). The van der Waals surface area contributed by atoms with Crippen molar-refractivity contribution in [3.05, 3.63) is 34.9 Å². The molecule has 0 aromatic heterocycles. The van der Waals surface area contributed by atoms with Crippen LogP contribution in [-0.2, 0) is 9.53 Å². The maximum atomic E-state index is 12.5. The van der Waals surface area contributed by atoms with Gasteiger partial charge in [0.1, 0.15) is 0 Å². The summed E-state index contributed by atoms with van der Waals surface area (Å²) in [7, 11) is 0. The summed E-state index contributed by atoms with van der Waals surface area (Å²) in [6.07, 6.45) is 2.25. The predicted molar refractivity (Wildman–Crippen MR) is 81.3 cm³/mol. The van der Waals surface area contributed by atoms with Crippen LogP contribution < -0.4 is 0 Å². The Morgan fingerprint density at radius 1 is 1.33 bits per heavy atom. The smallest absolute Gasteiger partial charge is 0.308 e. The lowest BCUT2D eigenvalue weighted by Gasteiger charge is -2.20. The van der Waals surface area contributed by atoms with Gasteiger partial charge >= 0.3 is 5.97 Å². The standard InChI is InChI=1S/C16H20ClNO3/c1-2-21-16(20)12-6-4-9-18(10-8-12)15(19)13-5-3-7-14(17)11-13/h3,5,7,11-12H,2,4,6,8-10H2,1H3. The third-order valence-electron chi connectivity index (χ3n) is 3.71. The van der Waals surface area contributed by atoms with Gasteiger partial charge in [-0.1, -0.05) is 17.7 Å². The molecule has 1 aromatic carbocycles. The van der Waals surface area contributed by atoms with Crippen LogP contribution in [0.3, 0.4) is 0 Å². The van der Waals surface area contributed by atoms with E-state index in [9.17, 15) is 9.59 Å². The highest BCUT2D eigenvalue weighted by Crippen LogP contribution is 2.21. The number of hydrogen-bond acceptors (Lipinski definition) is 3. The summed E-state index contributed by atoms with van der Waals surface area (Å²) in [5.74, 6) is -0.265. The predicted octanol–water partition coefficient (Wildman–Crippen LogP) is 3.15. The molecule has 0 bridgehead atoms. The molecular weight excluding hydrogens is 290 g/mol. The highest BCUT2D eigenvalue weighted by molar-refractivity contribution is 6.30. The fourth-order valence-corrected chi connectivity index (χ4v) is 2.79. The third-order valence-corrected chi connectivity index (χ3v) is 3.94. The first-order valence-electron chi connectivity index (χ1n) is 7.33. The number of amides is 1. The second-order valence-corrected chi connectivity index (χ2v) is 5.62. The van der Waals surface area contributed by atoms with E-state index in [0.717, 1.165) is 12.8 Å². The Kier molecular flexibility index (Phi) is 5.62. The van der Waals surface area contributed by atoms with Crippen molar-refractivity contribution in [2.24, 2.45) is 5.92 Å². The molecule has 1 saturated heterocycles. The molecule has 21 heavy (non-hydrogen) atoms. The highest BCUT2D eigenvalue weighted by Gasteiger charge is 2.26. The van der Waals surface area contributed by atoms with Crippen molar-refractivity contribution in [3.8, 4) is 0 Å². The molecule has 1 amide bonds. The van der Waals surface area contributed by atoms with E-state index in [-0.39, 0.29) is 17.8 Å². The van der Waals surface area contributed by atoms with Crippen molar-refractivity contribution in [1.82, 2.24) is 4.90 Å². The van der Waals surface area contributed by atoms with Crippen molar-refractivity contribution < 1.29 is 14.3 Å². The average Bonchev–Trinajstić information content (AvgIpc) is 2.72. The monoisotopic (exact) mass is 309 g/mol. The molecule has 0 saturated carbocycles. The molecule has 0 spiro atoms. The number of esters is 1. The first-order valence-corrected chi connectivity index (χ1v) is 7.71. The maximum Gasteiger partial charge on any atom is 0.308 e. The lowest BCUT2D eigenvalue weighted by atomic mass is 10.0. The normalized spacial score (nSPS) is 19.0. The van der Waals surface area contributed by atoms with Crippen molar-refractivity contribution >= 4 is 23.5 Å². The Labute approximate surface area is 130 Å². The van der Waals surface area contributed by atoms with E-state index in [1.54, 1.807) is 29.2 Å². The number of ether oxygens (including phenoxy) is 1. The zero-order valence-electron chi connectivity index (χ0n) is 12.2. The Bertz CT molecular complexity index is 518. The summed E-state index contributed by atoms with van der Waals surface area (Å²) in [6, 6.07) is 6.96. The van der Waals surface area contributed by atoms with Crippen molar-refractivity contribution in [2.45, 2.75) is 26.2 Å². The van der Waals surface area contributed by atoms with Gasteiger partial charge in [-0.3, -0.25) is 9.59 Å². The van der Waals surface area contributed by atoms with E-state index in [4.69, 9.17) is 16.3 Å². The molecule has 0 N–H and O–H groups in total. The molecule has 1 unspecified atom stereocenters. The van der Waals surface area contributed by atoms with Gasteiger partial charge in [0.25, 0.3) is 5.91 Å². The molecule has 1 atom stereocenters. The van der Waals surface area contributed by atoms with E-state index in [1.165, 1.54) is 0 Å². The SMILES string of the molecule is CCOC(=O)C1CCCN(C(=O)c2cccc(Cl)c2)CC1. The number of nitrogens with zero attached hydrogens (tertiary/aromatic N) is 1. The topological polar surface area (TPSA) is 46.6 Å². The summed E-state index contributed by atoms with van der Waals surface area (Å²) in [5.41, 5.74) is 0.595. The van der Waals surface area contributed by atoms with Crippen LogP contribution in [0.15, 0.2) is 24.3 Å². The Balaban J connectivity index is 1.99. The van der Waals surface area contributed by atoms with Crippen LogP contribution in [0.5, 0.6) is 0 Å². The van der Waals surface area contributed by atoms with Gasteiger partial charge < -0.3 is 9.64 Å². The van der Waals surface area contributed by atoms with Gasteiger partial charge in [-0.25, -0.2) is 0 Å². The van der Waals surface area contributed by atoms with Gasteiger partial charge in [0.15, 0.2) is 0 Å². The Morgan fingerprint density at radius 3 is 2.86 bits per heavy atom. The van der Waals surface area contributed by atoms with Gasteiger partial charge in [-0.2, -0.15) is 0 Å². The minimum atomic E-state index is -0.144. The van der Waals surface area contributed by atoms with Crippen LogP contribution >= 0.6 is 11.6 Å². The van der Waals surface area contributed by atoms with E-state index in [1.807, 2.05) is 6.92 Å². The zero-order chi connectivity index (χ0) is 15.2. The third kappa shape index (κ3) is 4.21. The molecular formula is C16H20ClNO3. The molecule has 1 fully saturated rings. The number of halogens is 1. The summed E-state index contributed by atoms with van der Waals surface area (Å²) in [4.78, 5) is 26.1. The van der Waals surface area contributed by atoms with Crippen molar-refractivity contribution in [1.29, 1.82) is 0 Å². The quantitative estimate of drug-likeness (QED) is 0.806. The Morgan fingerprint density at radius 2 is 2.14 bits per heavy atom. The van der Waals surface area contributed by atoms with E-state index >= 15 is 0 Å². The molecule has 114 valence electrons. The molecule has 1 aliphatic heterocycles. The van der Waals surface area contributed by atoms with E-state index < -0.39 is 0 Å². The van der Waals surface area contributed by atoms with Gasteiger partial charge in [0, 0.05) is 23.7 Å². The first-order chi connectivity index (χ1) is 10.1. The number of benzene rings is 1. The lowest BCUT2D eigenvalue weighted by molar-refractivity contribution is -0.148. The molecule has 1 aromatic rings. The van der Waals surface area contributed by atoms with Crippen molar-refractivity contribution in [2.75, 3.05) is 19.7 Å². The van der Waals surface area contributed by atoms with E-state index in [2.05, 4.69) is 0 Å². The molecule has 0 aliphatic carbocycles. The zero-order valence-corrected chi connectivity index (χ0v) is 12.9. The molecule has 1 aliphatic rings. The average molecular weight is 310 g/mol. The van der Waals surface area contributed by atoms with Crippen molar-refractivity contribution in [3.63, 3.8) is 0 Å². The minimum absolute atomic E-state index is 0.0259. The van der Waals surface area contributed by atoms with Crippen LogP contribution in [0.25, 0.3) is 0 Å². The van der Waals surface area contributed by atoms with Crippen LogP contribution in [0.4, 0.5) is 0 Å². The number of likely N-dealkylation sites (tertiary alicyclic amines) is 1. The molecule has 4 nitrogen and oxygen atoms in total. The maximum absolute atomic E-state index is 12.5. The van der Waals surface area contributed by atoms with E-state index in [0.29, 0.717) is 36.7 Å². The summed E-state index contributed by atoms with van der Waals surface area (Å²) >= 11 is 5.93. The van der Waals surface area contributed by atoms with Crippen LogP contribution in [-0.4, -0.2) is 36.5 Å². The largest absolute Gasteiger partial charge is 0.466 e. The Hall–Kier alpha value is -1.55. The van der Waals surface area contributed by atoms with Crippen LogP contribution in [0.1, 0.15) is 36.5 Å². The van der Waals surface area contributed by atoms with Gasteiger partial charge in [-0.05, 0) is 44.4 Å². The number of carbonyl (C=O) groups is 2. The second kappa shape index (κ2) is 7.46. The fraction of sp³-hybridized carbons (Fsp3) is 0.500. The van der Waals surface area contributed by atoms with Crippen LogP contribution in [0.2, 0.25) is 5.02 Å². The molecule has 5 heteroatoms. The molecule has 1 heterocycles. The summed E-state index contributed by atoms with van der Waals surface area (Å²) in [5, 5.41) is 0.556. The summed E-state index contributed by atoms with van der Waals surface area (Å²) < 4.78 is 5.07. The number of hydrogen-bond donors (Lipinski definition) is 0. The van der Waals surface area contributed by atoms with Gasteiger partial charge in [0.2, 0.25) is 0 Å². The number of carbonyl (C=O) groups excluding carboxylic acids is 2. The minimum Gasteiger partial charge on any atom is -0.466 e. The molecule has 0 radical (unpaired) electrons. The van der Waals surface area contributed by atoms with Gasteiger partial charge in [-0.15, -0.1) is 0 Å². The highest BCUT2D eigenvalue weighted by atomic mass is 35.5. The first kappa shape index (κ1) is 15.8. The fourth-order valence-electron chi connectivity index (χ4n) is 2.60. The number of rotatable bonds is 3. The lowest BCUT2D eigenvalue weighted by Crippen LogP contribution is -2.32. The summed E-state index contributed by atoms with van der Waals surface area (Å²) in [6.45, 7) is 3.46.